The van der Waals surface area contributed by atoms with Gasteiger partial charge in [0, 0.05) is 11.1 Å². The van der Waals surface area contributed by atoms with Crippen molar-refractivity contribution in [2.75, 3.05) is 0 Å². The molecule has 3 nitrogen and oxygen atoms in total. The van der Waals surface area contributed by atoms with Crippen LogP contribution in [0.25, 0.3) is 0 Å². The second-order valence-electron chi connectivity index (χ2n) is 3.98. The molecule has 0 spiro atoms. The van der Waals surface area contributed by atoms with Crippen LogP contribution < -0.4 is 0 Å². The summed E-state index contributed by atoms with van der Waals surface area (Å²) < 4.78 is 0. The zero-order valence-corrected chi connectivity index (χ0v) is 10.2. The van der Waals surface area contributed by atoms with Gasteiger partial charge in [-0.15, -0.1) is 0 Å². The number of hydrogen-bond donors (Lipinski definition) is 2. The minimum atomic E-state index is 0.177. The zero-order valence-electron chi connectivity index (χ0n) is 10.2. The molecule has 0 aliphatic heterocycles. The molecule has 0 radical (unpaired) electrons. The van der Waals surface area contributed by atoms with E-state index in [0.717, 1.165) is 17.5 Å². The van der Waals surface area contributed by atoms with E-state index in [4.69, 9.17) is 0 Å². The molecule has 0 saturated heterocycles. The average molecular weight is 241 g/mol. The Kier molecular flexibility index (Phi) is 3.63. The maximum absolute atomic E-state index is 10.2. The van der Waals surface area contributed by atoms with Crippen molar-refractivity contribution >= 4 is 5.71 Å². The van der Waals surface area contributed by atoms with Gasteiger partial charge in [-0.05, 0) is 18.1 Å². The van der Waals surface area contributed by atoms with E-state index in [2.05, 4.69) is 5.16 Å². The third-order valence-corrected chi connectivity index (χ3v) is 2.90. The predicted molar refractivity (Wildman–Crippen MR) is 71.4 cm³/mol. The fraction of sp³-hybridized carbons (Fsp3) is 0.133. The van der Waals surface area contributed by atoms with Crippen molar-refractivity contribution in [2.45, 2.75) is 13.3 Å². The Bertz CT molecular complexity index is 562. The van der Waals surface area contributed by atoms with Crippen molar-refractivity contribution in [1.29, 1.82) is 0 Å². The molecule has 2 N–H and O–H groups in total. The van der Waals surface area contributed by atoms with Crippen molar-refractivity contribution in [3.05, 3.63) is 65.2 Å². The Morgan fingerprint density at radius 3 is 2.39 bits per heavy atom. The Hall–Kier alpha value is -2.29. The fourth-order valence-corrected chi connectivity index (χ4v) is 1.93. The number of hydrogen-bond acceptors (Lipinski definition) is 3. The van der Waals surface area contributed by atoms with E-state index < -0.39 is 0 Å². The fourth-order valence-electron chi connectivity index (χ4n) is 1.93. The molecule has 2 aromatic rings. The van der Waals surface area contributed by atoms with Gasteiger partial charge in [-0.1, -0.05) is 54.5 Å². The van der Waals surface area contributed by atoms with Crippen LogP contribution >= 0.6 is 0 Å². The molecule has 0 fully saturated rings. The summed E-state index contributed by atoms with van der Waals surface area (Å²) in [5.41, 5.74) is 2.53. The van der Waals surface area contributed by atoms with Crippen LogP contribution in [0.3, 0.4) is 0 Å². The number of aryl methyl sites for hydroxylation is 1. The van der Waals surface area contributed by atoms with Gasteiger partial charge < -0.3 is 10.3 Å². The summed E-state index contributed by atoms with van der Waals surface area (Å²) in [6.07, 6.45) is 0.729. The number of para-hydroxylation sites is 1. The maximum Gasteiger partial charge on any atom is 0.128 e. The molecule has 0 heterocycles. The van der Waals surface area contributed by atoms with Crippen LogP contribution in [0.1, 0.15) is 23.6 Å². The normalized spacial score (nSPS) is 11.5. The standard InChI is InChI=1S/C15H15NO2/c1-2-11-9-6-10-13(15(11)17)14(16-18)12-7-4-3-5-8-12/h3-10,17-18H,2H2,1H3/b16-14-. The molecule has 2 aromatic carbocycles. The SMILES string of the molecule is CCc1cccc(/C(=N\O)c2ccccc2)c1O. The molecule has 0 aromatic heterocycles. The number of rotatable bonds is 3. The zero-order chi connectivity index (χ0) is 13.0. The van der Waals surface area contributed by atoms with E-state index in [1.54, 1.807) is 6.07 Å². The summed E-state index contributed by atoms with van der Waals surface area (Å²) in [5, 5.41) is 22.7. The Balaban J connectivity index is 2.54. The lowest BCUT2D eigenvalue weighted by Gasteiger charge is -2.10. The second-order valence-corrected chi connectivity index (χ2v) is 3.98. The average Bonchev–Trinajstić information content (AvgIpc) is 2.43. The van der Waals surface area contributed by atoms with E-state index in [0.29, 0.717) is 11.3 Å². The molecule has 92 valence electrons. The molecule has 0 amide bonds. The molecule has 2 rings (SSSR count). The number of oxime groups is 1. The van der Waals surface area contributed by atoms with Crippen molar-refractivity contribution in [3.8, 4) is 5.75 Å². The van der Waals surface area contributed by atoms with Crippen molar-refractivity contribution in [1.82, 2.24) is 0 Å². The van der Waals surface area contributed by atoms with Crippen molar-refractivity contribution in [2.24, 2.45) is 5.16 Å². The van der Waals surface area contributed by atoms with Gasteiger partial charge in [-0.25, -0.2) is 0 Å². The van der Waals surface area contributed by atoms with Gasteiger partial charge in [0.05, 0.1) is 0 Å². The van der Waals surface area contributed by atoms with E-state index in [1.807, 2.05) is 49.4 Å². The lowest BCUT2D eigenvalue weighted by Crippen LogP contribution is -2.04. The van der Waals surface area contributed by atoms with Crippen LogP contribution in [0.15, 0.2) is 53.7 Å². The number of phenolic OH excluding ortho intramolecular Hbond substituents is 1. The highest BCUT2D eigenvalue weighted by molar-refractivity contribution is 6.14. The van der Waals surface area contributed by atoms with E-state index in [9.17, 15) is 10.3 Å². The largest absolute Gasteiger partial charge is 0.507 e. The Labute approximate surface area is 106 Å². The summed E-state index contributed by atoms with van der Waals surface area (Å²) in [6, 6.07) is 14.8. The van der Waals surface area contributed by atoms with E-state index in [1.165, 1.54) is 0 Å². The lowest BCUT2D eigenvalue weighted by atomic mass is 9.98. The maximum atomic E-state index is 10.2. The monoisotopic (exact) mass is 241 g/mol. The molecule has 18 heavy (non-hydrogen) atoms. The molecule has 0 saturated carbocycles. The highest BCUT2D eigenvalue weighted by atomic mass is 16.4. The molecular formula is C15H15NO2. The smallest absolute Gasteiger partial charge is 0.128 e. The lowest BCUT2D eigenvalue weighted by molar-refractivity contribution is 0.319. The first-order valence-electron chi connectivity index (χ1n) is 5.86. The highest BCUT2D eigenvalue weighted by Gasteiger charge is 2.13. The minimum absolute atomic E-state index is 0.177. The first kappa shape index (κ1) is 12.2. The summed E-state index contributed by atoms with van der Waals surface area (Å²) in [6.45, 7) is 1.97. The summed E-state index contributed by atoms with van der Waals surface area (Å²) in [4.78, 5) is 0. The van der Waals surface area contributed by atoms with Crippen LogP contribution in [0.5, 0.6) is 5.75 Å². The number of benzene rings is 2. The molecule has 0 atom stereocenters. The van der Waals surface area contributed by atoms with Gasteiger partial charge in [-0.2, -0.15) is 0 Å². The van der Waals surface area contributed by atoms with Gasteiger partial charge in [0.1, 0.15) is 11.5 Å². The van der Waals surface area contributed by atoms with E-state index in [-0.39, 0.29) is 5.75 Å². The first-order valence-corrected chi connectivity index (χ1v) is 5.86. The van der Waals surface area contributed by atoms with E-state index >= 15 is 0 Å². The second kappa shape index (κ2) is 5.36. The van der Waals surface area contributed by atoms with Gasteiger partial charge in [-0.3, -0.25) is 0 Å². The third kappa shape index (κ3) is 2.20. The van der Waals surface area contributed by atoms with Crippen LogP contribution in [0, 0.1) is 0 Å². The molecular weight excluding hydrogens is 226 g/mol. The predicted octanol–water partition coefficient (Wildman–Crippen LogP) is 3.18. The molecule has 0 aliphatic rings. The number of aromatic hydroxyl groups is 1. The molecule has 0 aliphatic carbocycles. The number of phenols is 1. The molecule has 0 bridgehead atoms. The van der Waals surface area contributed by atoms with Gasteiger partial charge in [0.25, 0.3) is 0 Å². The quantitative estimate of drug-likeness (QED) is 0.492. The Morgan fingerprint density at radius 1 is 1.06 bits per heavy atom. The summed E-state index contributed by atoms with van der Waals surface area (Å²) in [7, 11) is 0. The number of nitrogens with zero attached hydrogens (tertiary/aromatic N) is 1. The summed E-state index contributed by atoms with van der Waals surface area (Å²) >= 11 is 0. The van der Waals surface area contributed by atoms with Crippen LogP contribution in [0.2, 0.25) is 0 Å². The molecule has 3 heteroatoms. The van der Waals surface area contributed by atoms with Gasteiger partial charge in [0.2, 0.25) is 0 Å². The van der Waals surface area contributed by atoms with Crippen LogP contribution in [0.4, 0.5) is 0 Å². The van der Waals surface area contributed by atoms with Gasteiger partial charge in [0.15, 0.2) is 0 Å². The topological polar surface area (TPSA) is 52.8 Å². The summed E-state index contributed by atoms with van der Waals surface area (Å²) in [5.74, 6) is 0.177. The first-order chi connectivity index (χ1) is 8.77. The van der Waals surface area contributed by atoms with Crippen molar-refractivity contribution < 1.29 is 10.3 Å². The minimum Gasteiger partial charge on any atom is -0.507 e. The molecule has 0 unspecified atom stereocenters. The third-order valence-electron chi connectivity index (χ3n) is 2.90. The Morgan fingerprint density at radius 2 is 1.78 bits per heavy atom. The highest BCUT2D eigenvalue weighted by Crippen LogP contribution is 2.25. The van der Waals surface area contributed by atoms with Crippen LogP contribution in [-0.2, 0) is 6.42 Å². The van der Waals surface area contributed by atoms with Crippen molar-refractivity contribution in [3.63, 3.8) is 0 Å². The van der Waals surface area contributed by atoms with Gasteiger partial charge >= 0.3 is 0 Å². The van der Waals surface area contributed by atoms with Crippen LogP contribution in [-0.4, -0.2) is 16.0 Å².